The molecule has 1 aromatic heterocycles. The van der Waals surface area contributed by atoms with Crippen LogP contribution in [0.2, 0.25) is 0 Å². The van der Waals surface area contributed by atoms with Gasteiger partial charge in [0.25, 0.3) is 5.91 Å². The fraction of sp³-hybridized carbons (Fsp3) is 0.529. The molecule has 0 radical (unpaired) electrons. The van der Waals surface area contributed by atoms with E-state index in [1.54, 1.807) is 13.4 Å². The van der Waals surface area contributed by atoms with Crippen LogP contribution >= 0.6 is 0 Å². The number of aromatic amines is 1. The molecule has 1 saturated carbocycles. The van der Waals surface area contributed by atoms with Crippen molar-refractivity contribution in [3.05, 3.63) is 30.1 Å². The molecule has 2 aromatic rings. The van der Waals surface area contributed by atoms with Crippen molar-refractivity contribution in [3.8, 4) is 0 Å². The molecule has 2 fully saturated rings. The lowest BCUT2D eigenvalue weighted by atomic mass is 9.79. The van der Waals surface area contributed by atoms with Gasteiger partial charge in [-0.2, -0.15) is 0 Å². The van der Waals surface area contributed by atoms with Crippen molar-refractivity contribution in [2.24, 2.45) is 11.8 Å². The molecule has 0 bridgehead atoms. The van der Waals surface area contributed by atoms with E-state index in [4.69, 9.17) is 4.74 Å². The summed E-state index contributed by atoms with van der Waals surface area (Å²) in [6, 6.07) is 5.68. The summed E-state index contributed by atoms with van der Waals surface area (Å²) in [5, 5.41) is 0. The highest BCUT2D eigenvalue weighted by atomic mass is 16.5. The fourth-order valence-electron chi connectivity index (χ4n) is 4.13. The van der Waals surface area contributed by atoms with E-state index in [-0.39, 0.29) is 5.91 Å². The van der Waals surface area contributed by atoms with Gasteiger partial charge in [0.2, 0.25) is 0 Å². The highest BCUT2D eigenvalue weighted by Gasteiger charge is 2.42. The van der Waals surface area contributed by atoms with E-state index in [1.807, 2.05) is 23.1 Å². The number of aromatic nitrogens is 2. The first-order chi connectivity index (χ1) is 10.8. The number of methoxy groups -OCH3 is 1. The minimum atomic E-state index is 0.126. The SMILES string of the molecule is CO[C@@H]1CCC[C@@H]2CN(C(=O)c3ccc4nc[nH]c4c3)C[C@@H]21. The highest BCUT2D eigenvalue weighted by molar-refractivity contribution is 5.97. The number of carbonyl (C=O) groups excluding carboxylic acids is 1. The van der Waals surface area contributed by atoms with Gasteiger partial charge in [-0.3, -0.25) is 4.79 Å². The Morgan fingerprint density at radius 3 is 3.14 bits per heavy atom. The van der Waals surface area contributed by atoms with Crippen LogP contribution in [0.3, 0.4) is 0 Å². The van der Waals surface area contributed by atoms with Crippen LogP contribution in [0.25, 0.3) is 11.0 Å². The van der Waals surface area contributed by atoms with Crippen molar-refractivity contribution in [2.75, 3.05) is 20.2 Å². The molecule has 1 aliphatic carbocycles. The van der Waals surface area contributed by atoms with E-state index in [2.05, 4.69) is 9.97 Å². The summed E-state index contributed by atoms with van der Waals surface area (Å²) >= 11 is 0. The number of fused-ring (bicyclic) bond motifs is 2. The molecule has 2 aliphatic rings. The Kier molecular flexibility index (Phi) is 3.37. The topological polar surface area (TPSA) is 58.2 Å². The predicted molar refractivity (Wildman–Crippen MR) is 83.6 cm³/mol. The third-order valence-corrected chi connectivity index (χ3v) is 5.29. The lowest BCUT2D eigenvalue weighted by molar-refractivity contribution is 0.0126. The van der Waals surface area contributed by atoms with E-state index in [1.165, 1.54) is 12.8 Å². The van der Waals surface area contributed by atoms with Crippen molar-refractivity contribution >= 4 is 16.9 Å². The molecule has 1 aromatic carbocycles. The average Bonchev–Trinajstić information content (AvgIpc) is 3.19. The zero-order valence-electron chi connectivity index (χ0n) is 12.8. The van der Waals surface area contributed by atoms with Crippen LogP contribution < -0.4 is 0 Å². The second-order valence-electron chi connectivity index (χ2n) is 6.47. The summed E-state index contributed by atoms with van der Waals surface area (Å²) in [6.45, 7) is 1.69. The normalized spacial score (nSPS) is 28.0. The van der Waals surface area contributed by atoms with Gasteiger partial charge in [0.1, 0.15) is 0 Å². The molecule has 3 atom stereocenters. The van der Waals surface area contributed by atoms with Crippen molar-refractivity contribution < 1.29 is 9.53 Å². The Balaban J connectivity index is 1.55. The van der Waals surface area contributed by atoms with E-state index < -0.39 is 0 Å². The second-order valence-corrected chi connectivity index (χ2v) is 6.47. The molecule has 1 amide bonds. The molecule has 22 heavy (non-hydrogen) atoms. The lowest BCUT2D eigenvalue weighted by Crippen LogP contribution is -2.33. The molecule has 1 saturated heterocycles. The molecule has 1 aliphatic heterocycles. The van der Waals surface area contributed by atoms with E-state index in [0.717, 1.165) is 36.1 Å². The number of imidazole rings is 1. The monoisotopic (exact) mass is 299 g/mol. The largest absolute Gasteiger partial charge is 0.381 e. The van der Waals surface area contributed by atoms with Crippen LogP contribution in [-0.2, 0) is 4.74 Å². The van der Waals surface area contributed by atoms with Crippen LogP contribution in [0.1, 0.15) is 29.6 Å². The van der Waals surface area contributed by atoms with Crippen molar-refractivity contribution in [1.29, 1.82) is 0 Å². The number of benzene rings is 1. The van der Waals surface area contributed by atoms with Crippen molar-refractivity contribution in [2.45, 2.75) is 25.4 Å². The Hall–Kier alpha value is -1.88. The summed E-state index contributed by atoms with van der Waals surface area (Å²) in [7, 11) is 1.80. The number of amides is 1. The molecule has 5 heteroatoms. The molecule has 116 valence electrons. The molecule has 0 spiro atoms. The lowest BCUT2D eigenvalue weighted by Gasteiger charge is -2.31. The van der Waals surface area contributed by atoms with Crippen molar-refractivity contribution in [3.63, 3.8) is 0 Å². The molecular formula is C17H21N3O2. The Morgan fingerprint density at radius 1 is 1.36 bits per heavy atom. The van der Waals surface area contributed by atoms with Crippen LogP contribution in [0, 0.1) is 11.8 Å². The van der Waals surface area contributed by atoms with Gasteiger partial charge in [-0.15, -0.1) is 0 Å². The second kappa shape index (κ2) is 5.39. The summed E-state index contributed by atoms with van der Waals surface area (Å²) in [5.41, 5.74) is 2.55. The van der Waals surface area contributed by atoms with Crippen LogP contribution in [0.5, 0.6) is 0 Å². The Morgan fingerprint density at radius 2 is 2.27 bits per heavy atom. The molecule has 5 nitrogen and oxygen atoms in total. The van der Waals surface area contributed by atoms with Crippen molar-refractivity contribution in [1.82, 2.24) is 14.9 Å². The number of ether oxygens (including phenoxy) is 1. The summed E-state index contributed by atoms with van der Waals surface area (Å²) in [5.74, 6) is 1.22. The van der Waals surface area contributed by atoms with Gasteiger partial charge in [-0.05, 0) is 37.0 Å². The minimum Gasteiger partial charge on any atom is -0.381 e. The summed E-state index contributed by atoms with van der Waals surface area (Å²) < 4.78 is 5.63. The number of nitrogens with one attached hydrogen (secondary N) is 1. The predicted octanol–water partition coefficient (Wildman–Crippen LogP) is 2.45. The number of likely N-dealkylation sites (tertiary alicyclic amines) is 1. The maximum atomic E-state index is 12.8. The quantitative estimate of drug-likeness (QED) is 0.926. The van der Waals surface area contributed by atoms with Gasteiger partial charge in [0, 0.05) is 31.7 Å². The van der Waals surface area contributed by atoms with Gasteiger partial charge >= 0.3 is 0 Å². The third kappa shape index (κ3) is 2.20. The summed E-state index contributed by atoms with van der Waals surface area (Å²) in [6.07, 6.45) is 5.52. The number of hydrogen-bond acceptors (Lipinski definition) is 3. The third-order valence-electron chi connectivity index (χ3n) is 5.29. The Bertz CT molecular complexity index is 696. The average molecular weight is 299 g/mol. The Labute approximate surface area is 129 Å². The maximum Gasteiger partial charge on any atom is 0.253 e. The minimum absolute atomic E-state index is 0.126. The maximum absolute atomic E-state index is 12.8. The van der Waals surface area contributed by atoms with Gasteiger partial charge in [0.15, 0.2) is 0 Å². The molecule has 1 N–H and O–H groups in total. The van der Waals surface area contributed by atoms with Crippen LogP contribution in [0.15, 0.2) is 24.5 Å². The first-order valence-electron chi connectivity index (χ1n) is 8.01. The number of carbonyl (C=O) groups is 1. The standard InChI is InChI=1S/C17H21N3O2/c1-22-16-4-2-3-12-8-20(9-13(12)16)17(21)11-5-6-14-15(7-11)19-10-18-14/h5-7,10,12-13,16H,2-4,8-9H2,1H3,(H,18,19)/t12-,13+,16-/m1/s1. The molecule has 4 rings (SSSR count). The van der Waals surface area contributed by atoms with E-state index >= 15 is 0 Å². The van der Waals surface area contributed by atoms with Crippen LogP contribution in [0.4, 0.5) is 0 Å². The molecular weight excluding hydrogens is 278 g/mol. The van der Waals surface area contributed by atoms with Gasteiger partial charge in [-0.1, -0.05) is 6.42 Å². The van der Waals surface area contributed by atoms with Gasteiger partial charge in [-0.25, -0.2) is 4.98 Å². The van der Waals surface area contributed by atoms with Gasteiger partial charge in [0.05, 0.1) is 23.5 Å². The number of hydrogen-bond donors (Lipinski definition) is 1. The number of H-pyrrole nitrogens is 1. The first-order valence-corrected chi connectivity index (χ1v) is 8.01. The zero-order chi connectivity index (χ0) is 15.1. The van der Waals surface area contributed by atoms with E-state index in [0.29, 0.717) is 17.9 Å². The zero-order valence-corrected chi connectivity index (χ0v) is 12.8. The molecule has 0 unspecified atom stereocenters. The van der Waals surface area contributed by atoms with Crippen LogP contribution in [-0.4, -0.2) is 47.1 Å². The van der Waals surface area contributed by atoms with Gasteiger partial charge < -0.3 is 14.6 Å². The first kappa shape index (κ1) is 13.8. The summed E-state index contributed by atoms with van der Waals surface area (Å²) in [4.78, 5) is 22.1. The fourth-order valence-corrected chi connectivity index (χ4v) is 4.13. The number of rotatable bonds is 2. The number of nitrogens with zero attached hydrogens (tertiary/aromatic N) is 2. The highest BCUT2D eigenvalue weighted by Crippen LogP contribution is 2.38. The molecule has 2 heterocycles. The smallest absolute Gasteiger partial charge is 0.253 e. The van der Waals surface area contributed by atoms with E-state index in [9.17, 15) is 4.79 Å².